The van der Waals surface area contributed by atoms with Crippen LogP contribution in [0.1, 0.15) is 43.0 Å². The van der Waals surface area contributed by atoms with Gasteiger partial charge in [0.15, 0.2) is 0 Å². The predicted octanol–water partition coefficient (Wildman–Crippen LogP) is 2.05. The minimum Gasteiger partial charge on any atom is -0.339 e. The summed E-state index contributed by atoms with van der Waals surface area (Å²) in [5.74, 6) is 0.106. The van der Waals surface area contributed by atoms with Gasteiger partial charge in [0.05, 0.1) is 6.04 Å². The van der Waals surface area contributed by atoms with E-state index in [1.807, 2.05) is 47.2 Å². The van der Waals surface area contributed by atoms with Crippen molar-refractivity contribution >= 4 is 24.2 Å². The Hall–Kier alpha value is -1.59. The Morgan fingerprint density at radius 1 is 1.17 bits per heavy atom. The van der Waals surface area contributed by atoms with Crippen LogP contribution in [-0.4, -0.2) is 52.8 Å². The van der Waals surface area contributed by atoms with Crippen molar-refractivity contribution in [2.75, 3.05) is 7.05 Å². The zero-order chi connectivity index (χ0) is 16.6. The molecule has 2 aliphatic rings. The number of rotatable bonds is 3. The van der Waals surface area contributed by atoms with Gasteiger partial charge in [-0.25, -0.2) is 0 Å². The predicted molar refractivity (Wildman–Crippen MR) is 96.1 cm³/mol. The smallest absolute Gasteiger partial charge is 0.253 e. The number of carbonyl (C=O) groups is 2. The van der Waals surface area contributed by atoms with E-state index in [4.69, 9.17) is 5.73 Å². The van der Waals surface area contributed by atoms with Crippen LogP contribution in [0.25, 0.3) is 0 Å². The number of nitrogens with zero attached hydrogens (tertiary/aromatic N) is 2. The molecule has 0 saturated carbocycles. The zero-order valence-electron chi connectivity index (χ0n) is 14.2. The molecule has 5 nitrogen and oxygen atoms in total. The van der Waals surface area contributed by atoms with E-state index >= 15 is 0 Å². The third-order valence-electron chi connectivity index (χ3n) is 5.24. The normalized spacial score (nSPS) is 26.5. The Bertz CT molecular complexity index is 579. The molecule has 132 valence electrons. The fourth-order valence-electron chi connectivity index (χ4n) is 4.01. The van der Waals surface area contributed by atoms with E-state index in [0.717, 1.165) is 31.2 Å². The third kappa shape index (κ3) is 3.42. The van der Waals surface area contributed by atoms with Crippen LogP contribution in [0.5, 0.6) is 0 Å². The van der Waals surface area contributed by atoms with Gasteiger partial charge in [0.2, 0.25) is 5.91 Å². The van der Waals surface area contributed by atoms with Gasteiger partial charge in [-0.05, 0) is 44.7 Å². The molecule has 2 bridgehead atoms. The highest BCUT2D eigenvalue weighted by atomic mass is 35.5. The van der Waals surface area contributed by atoms with Gasteiger partial charge in [0, 0.05) is 30.7 Å². The number of benzene rings is 1. The molecule has 24 heavy (non-hydrogen) atoms. The van der Waals surface area contributed by atoms with Crippen molar-refractivity contribution in [1.82, 2.24) is 9.80 Å². The number of amides is 2. The van der Waals surface area contributed by atoms with E-state index < -0.39 is 6.04 Å². The van der Waals surface area contributed by atoms with Crippen LogP contribution in [0, 0.1) is 0 Å². The number of carbonyl (C=O) groups excluding carboxylic acids is 2. The van der Waals surface area contributed by atoms with Crippen LogP contribution in [-0.2, 0) is 4.79 Å². The number of piperidine rings is 1. The van der Waals surface area contributed by atoms with Crippen LogP contribution < -0.4 is 5.73 Å². The van der Waals surface area contributed by atoms with Gasteiger partial charge in [-0.15, -0.1) is 12.4 Å². The molecule has 2 N–H and O–H groups in total. The number of nitrogens with two attached hydrogens (primary N) is 1. The number of halogens is 1. The summed E-state index contributed by atoms with van der Waals surface area (Å²) in [7, 11) is 1.88. The van der Waals surface area contributed by atoms with Gasteiger partial charge in [0.25, 0.3) is 5.91 Å². The zero-order valence-corrected chi connectivity index (χ0v) is 15.0. The first-order chi connectivity index (χ1) is 11.0. The van der Waals surface area contributed by atoms with Crippen LogP contribution >= 0.6 is 12.4 Å². The van der Waals surface area contributed by atoms with Crippen molar-refractivity contribution in [3.63, 3.8) is 0 Å². The lowest BCUT2D eigenvalue weighted by atomic mass is 9.95. The monoisotopic (exact) mass is 351 g/mol. The van der Waals surface area contributed by atoms with Gasteiger partial charge >= 0.3 is 0 Å². The molecule has 3 unspecified atom stereocenters. The van der Waals surface area contributed by atoms with Crippen LogP contribution in [0.4, 0.5) is 0 Å². The van der Waals surface area contributed by atoms with Crippen molar-refractivity contribution < 1.29 is 9.59 Å². The van der Waals surface area contributed by atoms with Crippen molar-refractivity contribution in [1.29, 1.82) is 0 Å². The maximum atomic E-state index is 12.6. The quantitative estimate of drug-likeness (QED) is 0.906. The molecule has 2 amide bonds. The Kier molecular flexibility index (Phi) is 5.88. The highest BCUT2D eigenvalue weighted by Gasteiger charge is 2.45. The Balaban J connectivity index is 0.00000208. The minimum atomic E-state index is -0.446. The van der Waals surface area contributed by atoms with Gasteiger partial charge in [-0.2, -0.15) is 0 Å². The average Bonchev–Trinajstić information content (AvgIpc) is 2.82. The van der Waals surface area contributed by atoms with E-state index in [9.17, 15) is 9.59 Å². The molecule has 1 aromatic carbocycles. The number of hydrogen-bond donors (Lipinski definition) is 1. The maximum Gasteiger partial charge on any atom is 0.253 e. The van der Waals surface area contributed by atoms with Gasteiger partial charge in [-0.3, -0.25) is 9.59 Å². The van der Waals surface area contributed by atoms with E-state index in [1.165, 1.54) is 0 Å². The second-order valence-corrected chi connectivity index (χ2v) is 6.83. The summed E-state index contributed by atoms with van der Waals surface area (Å²) in [6, 6.07) is 9.57. The molecule has 3 atom stereocenters. The van der Waals surface area contributed by atoms with Crippen molar-refractivity contribution in [3.8, 4) is 0 Å². The Morgan fingerprint density at radius 2 is 1.71 bits per heavy atom. The highest BCUT2D eigenvalue weighted by Crippen LogP contribution is 2.37. The summed E-state index contributed by atoms with van der Waals surface area (Å²) in [5, 5.41) is 0. The number of hydrogen-bond acceptors (Lipinski definition) is 3. The molecule has 0 spiro atoms. The summed E-state index contributed by atoms with van der Waals surface area (Å²) >= 11 is 0. The second-order valence-electron chi connectivity index (χ2n) is 6.83. The lowest BCUT2D eigenvalue weighted by Crippen LogP contribution is -2.55. The topological polar surface area (TPSA) is 66.6 Å². The number of fused-ring (bicyclic) bond motifs is 2. The lowest BCUT2D eigenvalue weighted by molar-refractivity contribution is -0.137. The molecule has 2 saturated heterocycles. The summed E-state index contributed by atoms with van der Waals surface area (Å²) in [6.07, 6.45) is 3.74. The molecule has 3 rings (SSSR count). The third-order valence-corrected chi connectivity index (χ3v) is 5.24. The fourth-order valence-corrected chi connectivity index (χ4v) is 4.01. The largest absolute Gasteiger partial charge is 0.339 e. The molecule has 1 aromatic rings. The lowest BCUT2D eigenvalue weighted by Gasteiger charge is -2.42. The molecule has 0 aliphatic carbocycles. The van der Waals surface area contributed by atoms with E-state index in [1.54, 1.807) is 6.92 Å². The van der Waals surface area contributed by atoms with Gasteiger partial charge in [-0.1, -0.05) is 18.2 Å². The van der Waals surface area contributed by atoms with E-state index in [2.05, 4.69) is 0 Å². The van der Waals surface area contributed by atoms with Gasteiger partial charge in [0.1, 0.15) is 0 Å². The van der Waals surface area contributed by atoms with Gasteiger partial charge < -0.3 is 15.5 Å². The van der Waals surface area contributed by atoms with Crippen molar-refractivity contribution in [2.45, 2.75) is 56.8 Å². The molecule has 6 heteroatoms. The molecular formula is C18H26ClN3O2. The molecule has 2 heterocycles. The maximum absolute atomic E-state index is 12.6. The summed E-state index contributed by atoms with van der Waals surface area (Å²) in [4.78, 5) is 28.8. The van der Waals surface area contributed by atoms with Crippen molar-refractivity contribution in [3.05, 3.63) is 35.9 Å². The second kappa shape index (κ2) is 7.53. The van der Waals surface area contributed by atoms with E-state index in [0.29, 0.717) is 0 Å². The highest BCUT2D eigenvalue weighted by molar-refractivity contribution is 5.94. The Morgan fingerprint density at radius 3 is 2.21 bits per heavy atom. The molecule has 0 radical (unpaired) electrons. The fraction of sp³-hybridized carbons (Fsp3) is 0.556. The first kappa shape index (κ1) is 18.7. The summed E-state index contributed by atoms with van der Waals surface area (Å²) in [6.45, 7) is 1.75. The summed E-state index contributed by atoms with van der Waals surface area (Å²) in [5.41, 5.74) is 6.50. The molecule has 2 fully saturated rings. The first-order valence-electron chi connectivity index (χ1n) is 8.39. The standard InChI is InChI=1S/C18H25N3O2.ClH/c1-12(19)17(22)21-14-8-9-15(21)11-16(10-14)20(2)18(23)13-6-4-3-5-7-13;/h3-7,12,14-16H,8-11,19H2,1-2H3;1H. The first-order valence-corrected chi connectivity index (χ1v) is 8.39. The average molecular weight is 352 g/mol. The van der Waals surface area contributed by atoms with Crippen LogP contribution in [0.3, 0.4) is 0 Å². The van der Waals surface area contributed by atoms with Crippen LogP contribution in [0.2, 0.25) is 0 Å². The summed E-state index contributed by atoms with van der Waals surface area (Å²) < 4.78 is 0. The molecule has 0 aromatic heterocycles. The SMILES string of the molecule is CC(N)C(=O)N1C2CCC1CC(N(C)C(=O)c1ccccc1)C2.Cl. The molecule has 2 aliphatic heterocycles. The van der Waals surface area contributed by atoms with Crippen LogP contribution in [0.15, 0.2) is 30.3 Å². The minimum absolute atomic E-state index is 0. The van der Waals surface area contributed by atoms with Crippen molar-refractivity contribution in [2.24, 2.45) is 5.73 Å². The van der Waals surface area contributed by atoms with E-state index in [-0.39, 0.29) is 42.3 Å². The Labute approximate surface area is 149 Å². The molecular weight excluding hydrogens is 326 g/mol.